The van der Waals surface area contributed by atoms with Gasteiger partial charge in [-0.1, -0.05) is 159 Å². The normalized spacial score (nSPS) is 13.7. The van der Waals surface area contributed by atoms with Crippen LogP contribution in [-0.2, 0) is 6.42 Å². The number of hydrogen-bond donors (Lipinski definition) is 0. The monoisotopic (exact) mass is 888 g/mol. The molecule has 0 saturated heterocycles. The molecule has 1 aliphatic rings. The van der Waals surface area contributed by atoms with E-state index in [0.29, 0.717) is 23.5 Å². The molecule has 322 valence electrons. The van der Waals surface area contributed by atoms with Crippen molar-refractivity contribution >= 4 is 70.6 Å². The molecule has 2 aromatic heterocycles. The third kappa shape index (κ3) is 7.06. The summed E-state index contributed by atoms with van der Waals surface area (Å²) in [5, 5.41) is 15.3. The lowest BCUT2D eigenvalue weighted by Gasteiger charge is -2.31. The molecule has 9 aromatic carbocycles. The third-order valence-electron chi connectivity index (χ3n) is 13.6. The van der Waals surface area contributed by atoms with Crippen LogP contribution in [0.15, 0.2) is 223 Å². The molecule has 0 fully saturated rings. The lowest BCUT2D eigenvalue weighted by Crippen LogP contribution is -2.15. The largest absolute Gasteiger partial charge is 0.309 e. The van der Waals surface area contributed by atoms with E-state index in [1.54, 1.807) is 11.3 Å². The Morgan fingerprint density at radius 2 is 1.31 bits per heavy atom. The summed E-state index contributed by atoms with van der Waals surface area (Å²) < 4.78 is 4.85. The van der Waals surface area contributed by atoms with Gasteiger partial charge in [-0.15, -0.1) is 11.3 Å². The van der Waals surface area contributed by atoms with Crippen molar-refractivity contribution in [2.45, 2.75) is 25.7 Å². The van der Waals surface area contributed by atoms with Gasteiger partial charge in [-0.05, 0) is 118 Å². The standard InChI is InChI=1S/C63H44N4S/c1-3-56(44-29-27-43(28-30-44)42-16-6-4-7-17-42)66-63(46-31-35-60-54(38-46)50-22-13-15-25-59(50)68-60)65-40(2)53-36-41(39-64)26-32-49(53)55-37-45-18-10-11-21-48(45)51-33-34-58-62(61(51)55)52-23-12-14-24-57(52)67(58)47-19-8-5-9-20-47/h4-36,38,55H,2-3,37H2,1H3. The van der Waals surface area contributed by atoms with E-state index in [-0.39, 0.29) is 5.92 Å². The molecular weight excluding hydrogens is 845 g/mol. The van der Waals surface area contributed by atoms with Crippen LogP contribution in [0.3, 0.4) is 0 Å². The van der Waals surface area contributed by atoms with Crippen LogP contribution in [0.2, 0.25) is 0 Å². The van der Waals surface area contributed by atoms with E-state index in [2.05, 4.69) is 206 Å². The molecule has 2 heterocycles. The van der Waals surface area contributed by atoms with Crippen LogP contribution >= 0.6 is 11.3 Å². The van der Waals surface area contributed by atoms with Crippen molar-refractivity contribution in [3.63, 3.8) is 0 Å². The van der Waals surface area contributed by atoms with E-state index >= 15 is 0 Å². The van der Waals surface area contributed by atoms with Crippen molar-refractivity contribution in [3.05, 3.63) is 252 Å². The summed E-state index contributed by atoms with van der Waals surface area (Å²) in [6.45, 7) is 6.91. The summed E-state index contributed by atoms with van der Waals surface area (Å²) in [6, 6.07) is 75.6. The maximum atomic E-state index is 10.5. The van der Waals surface area contributed by atoms with E-state index in [4.69, 9.17) is 16.6 Å². The smallest absolute Gasteiger partial charge is 0.160 e. The first-order chi connectivity index (χ1) is 33.5. The number of aromatic nitrogens is 1. The van der Waals surface area contributed by atoms with Crippen molar-refractivity contribution in [1.29, 1.82) is 5.26 Å². The number of amidine groups is 1. The maximum absolute atomic E-state index is 10.5. The first-order valence-electron chi connectivity index (χ1n) is 23.2. The highest BCUT2D eigenvalue weighted by atomic mass is 32.1. The highest BCUT2D eigenvalue weighted by Crippen LogP contribution is 2.50. The number of thiophene rings is 1. The van der Waals surface area contributed by atoms with E-state index < -0.39 is 0 Å². The van der Waals surface area contributed by atoms with Crippen LogP contribution in [-0.4, -0.2) is 16.1 Å². The average Bonchev–Trinajstić information content (AvgIpc) is 3.95. The summed E-state index contributed by atoms with van der Waals surface area (Å²) in [5.41, 5.74) is 16.7. The number of aliphatic imine (C=N–C) groups is 2. The third-order valence-corrected chi connectivity index (χ3v) is 14.8. The minimum Gasteiger partial charge on any atom is -0.309 e. The van der Waals surface area contributed by atoms with Gasteiger partial charge < -0.3 is 4.57 Å². The molecule has 0 amide bonds. The van der Waals surface area contributed by atoms with Gasteiger partial charge in [0, 0.05) is 59.4 Å². The number of benzene rings is 9. The molecule has 0 radical (unpaired) electrons. The molecule has 12 rings (SSSR count). The minimum absolute atomic E-state index is 0.0804. The molecule has 0 spiro atoms. The molecule has 0 saturated carbocycles. The van der Waals surface area contributed by atoms with E-state index in [9.17, 15) is 5.26 Å². The van der Waals surface area contributed by atoms with Crippen LogP contribution in [0, 0.1) is 11.3 Å². The van der Waals surface area contributed by atoms with Gasteiger partial charge >= 0.3 is 0 Å². The number of nitriles is 1. The number of nitrogens with zero attached hydrogens (tertiary/aromatic N) is 4. The van der Waals surface area contributed by atoms with E-state index in [0.717, 1.165) is 56.7 Å². The van der Waals surface area contributed by atoms with Gasteiger partial charge in [-0.25, -0.2) is 9.98 Å². The Bertz CT molecular complexity index is 3880. The molecule has 68 heavy (non-hydrogen) atoms. The minimum atomic E-state index is -0.0804. The molecule has 0 N–H and O–H groups in total. The molecule has 0 bridgehead atoms. The number of para-hydroxylation sites is 2. The van der Waals surface area contributed by atoms with Crippen LogP contribution in [0.5, 0.6) is 0 Å². The molecule has 11 aromatic rings. The zero-order valence-corrected chi connectivity index (χ0v) is 38.3. The Morgan fingerprint density at radius 3 is 2.12 bits per heavy atom. The van der Waals surface area contributed by atoms with Gasteiger partial charge in [0.1, 0.15) is 0 Å². The zero-order chi connectivity index (χ0) is 45.7. The number of fused-ring (bicyclic) bond motifs is 10. The van der Waals surface area contributed by atoms with E-state index in [1.807, 2.05) is 18.2 Å². The number of rotatable bonds is 8. The summed E-state index contributed by atoms with van der Waals surface area (Å²) in [5.74, 6) is 0.496. The Kier molecular flexibility index (Phi) is 10.3. The lowest BCUT2D eigenvalue weighted by atomic mass is 9.73. The SMILES string of the molecule is C=C(N=C(N=C(CC)c1ccc(-c2ccccc2)cc1)c1ccc2sc3ccccc3c2c1)c1cc(C#N)ccc1C1Cc2ccccc2-c2ccc3c(c21)c1ccccc1n3-c1ccccc1. The molecule has 5 heteroatoms. The Labute approximate surface area is 399 Å². The van der Waals surface area contributed by atoms with Crippen molar-refractivity contribution in [3.8, 4) is 34.0 Å². The Hall–Kier alpha value is -8.43. The van der Waals surface area contributed by atoms with Crippen molar-refractivity contribution in [2.24, 2.45) is 9.98 Å². The maximum Gasteiger partial charge on any atom is 0.160 e. The second-order valence-electron chi connectivity index (χ2n) is 17.5. The van der Waals surface area contributed by atoms with Gasteiger partial charge in [0.25, 0.3) is 0 Å². The van der Waals surface area contributed by atoms with E-state index in [1.165, 1.54) is 58.8 Å². The van der Waals surface area contributed by atoms with Crippen molar-refractivity contribution in [2.75, 3.05) is 0 Å². The lowest BCUT2D eigenvalue weighted by molar-refractivity contribution is 0.798. The van der Waals surface area contributed by atoms with Gasteiger partial charge in [0.2, 0.25) is 0 Å². The van der Waals surface area contributed by atoms with Crippen LogP contribution in [0.25, 0.3) is 75.6 Å². The van der Waals surface area contributed by atoms with Gasteiger partial charge in [0.15, 0.2) is 5.84 Å². The zero-order valence-electron chi connectivity index (χ0n) is 37.5. The molecular formula is C63H44N4S. The second-order valence-corrected chi connectivity index (χ2v) is 18.6. The topological polar surface area (TPSA) is 53.4 Å². The molecule has 1 aliphatic carbocycles. The number of hydrogen-bond acceptors (Lipinski definition) is 3. The second kappa shape index (κ2) is 17.1. The summed E-state index contributed by atoms with van der Waals surface area (Å²) in [6.07, 6.45) is 1.47. The average molecular weight is 889 g/mol. The molecule has 1 unspecified atom stereocenters. The van der Waals surface area contributed by atoms with Gasteiger partial charge in [-0.3, -0.25) is 0 Å². The first-order valence-corrected chi connectivity index (χ1v) is 24.0. The molecule has 1 atom stereocenters. The van der Waals surface area contributed by atoms with Gasteiger partial charge in [0.05, 0.1) is 28.4 Å². The van der Waals surface area contributed by atoms with Crippen molar-refractivity contribution in [1.82, 2.24) is 4.57 Å². The molecule has 4 nitrogen and oxygen atoms in total. The highest BCUT2D eigenvalue weighted by Gasteiger charge is 2.32. The predicted octanol–water partition coefficient (Wildman–Crippen LogP) is 16.4. The predicted molar refractivity (Wildman–Crippen MR) is 287 cm³/mol. The Morgan fingerprint density at radius 1 is 0.618 bits per heavy atom. The highest BCUT2D eigenvalue weighted by molar-refractivity contribution is 7.25. The first kappa shape index (κ1) is 41.0. The van der Waals surface area contributed by atoms with Crippen LogP contribution < -0.4 is 0 Å². The summed E-state index contributed by atoms with van der Waals surface area (Å²) >= 11 is 1.80. The van der Waals surface area contributed by atoms with Crippen LogP contribution in [0.1, 0.15) is 58.2 Å². The van der Waals surface area contributed by atoms with Crippen molar-refractivity contribution < 1.29 is 0 Å². The fourth-order valence-electron chi connectivity index (χ4n) is 10.4. The summed E-state index contributed by atoms with van der Waals surface area (Å²) in [4.78, 5) is 11.0. The fraction of sp³-hybridized carbons (Fsp3) is 0.0635. The molecule has 0 aliphatic heterocycles. The quantitative estimate of drug-likeness (QED) is 0.111. The summed E-state index contributed by atoms with van der Waals surface area (Å²) in [7, 11) is 0. The van der Waals surface area contributed by atoms with Crippen LogP contribution in [0.4, 0.5) is 0 Å². The van der Waals surface area contributed by atoms with Gasteiger partial charge in [-0.2, -0.15) is 5.26 Å². The fourth-order valence-corrected chi connectivity index (χ4v) is 11.5. The Balaban J connectivity index is 1.06.